The molecule has 0 aromatic heterocycles. The maximum absolute atomic E-state index is 6.07. The van der Waals surface area contributed by atoms with Crippen molar-refractivity contribution in [2.24, 2.45) is 5.73 Å². The topological polar surface area (TPSA) is 50.5 Å². The molecule has 0 aromatic carbocycles. The smallest absolute Gasteiger partial charge is 0.127 e. The fourth-order valence-corrected chi connectivity index (χ4v) is 2.57. The lowest BCUT2D eigenvalue weighted by atomic mass is 9.90. The summed E-state index contributed by atoms with van der Waals surface area (Å²) in [6.45, 7) is 3.98. The van der Waals surface area contributed by atoms with E-state index in [9.17, 15) is 0 Å². The van der Waals surface area contributed by atoms with Gasteiger partial charge in [-0.3, -0.25) is 0 Å². The predicted molar refractivity (Wildman–Crippen MR) is 80.9 cm³/mol. The Kier molecular flexibility index (Phi) is 4.96. The molecular formula is C14H24BN3O. The standard InChI is InChI=1S/C14H24BN3O/c1-11-8-12(4-5-15)2-3-14(11)19-13-9-18(10-13)17-7-6-16/h6-8,13,17H,2-5,9-10,15-16H2,1H3/b7-6-. The van der Waals surface area contributed by atoms with E-state index in [1.165, 1.54) is 30.3 Å². The van der Waals surface area contributed by atoms with E-state index in [1.807, 2.05) is 0 Å². The van der Waals surface area contributed by atoms with Gasteiger partial charge in [-0.15, -0.1) is 0 Å². The van der Waals surface area contributed by atoms with Crippen LogP contribution < -0.4 is 11.2 Å². The Hall–Kier alpha value is -1.36. The minimum Gasteiger partial charge on any atom is -0.492 e. The average Bonchev–Trinajstić information content (AvgIpc) is 2.34. The van der Waals surface area contributed by atoms with Crippen LogP contribution in [0, 0.1) is 0 Å². The Labute approximate surface area is 116 Å². The van der Waals surface area contributed by atoms with Crippen molar-refractivity contribution in [3.63, 3.8) is 0 Å². The third kappa shape index (κ3) is 3.80. The van der Waals surface area contributed by atoms with Crippen LogP contribution >= 0.6 is 0 Å². The molecule has 0 saturated carbocycles. The maximum Gasteiger partial charge on any atom is 0.127 e. The molecule has 4 nitrogen and oxygen atoms in total. The highest BCUT2D eigenvalue weighted by Gasteiger charge is 2.29. The summed E-state index contributed by atoms with van der Waals surface area (Å²) in [4.78, 5) is 0. The predicted octanol–water partition coefficient (Wildman–Crippen LogP) is 1.06. The van der Waals surface area contributed by atoms with Crippen molar-refractivity contribution in [2.75, 3.05) is 13.1 Å². The summed E-state index contributed by atoms with van der Waals surface area (Å²) >= 11 is 0. The van der Waals surface area contributed by atoms with Crippen molar-refractivity contribution in [1.82, 2.24) is 10.4 Å². The van der Waals surface area contributed by atoms with Crippen molar-refractivity contribution in [3.05, 3.63) is 35.4 Å². The number of nitrogens with zero attached hydrogens (tertiary/aromatic N) is 1. The second-order valence-corrected chi connectivity index (χ2v) is 5.29. The van der Waals surface area contributed by atoms with Crippen LogP contribution in [0.25, 0.3) is 0 Å². The largest absolute Gasteiger partial charge is 0.492 e. The van der Waals surface area contributed by atoms with Gasteiger partial charge in [-0.1, -0.05) is 18.0 Å². The summed E-state index contributed by atoms with van der Waals surface area (Å²) in [7, 11) is 2.23. The van der Waals surface area contributed by atoms with Gasteiger partial charge in [-0.25, -0.2) is 5.01 Å². The number of nitrogens with one attached hydrogen (secondary N) is 1. The van der Waals surface area contributed by atoms with Crippen molar-refractivity contribution >= 4 is 7.85 Å². The number of rotatable bonds is 6. The molecule has 1 saturated heterocycles. The molecule has 19 heavy (non-hydrogen) atoms. The summed E-state index contributed by atoms with van der Waals surface area (Å²) in [6.07, 6.45) is 10.5. The first-order valence-corrected chi connectivity index (χ1v) is 7.16. The highest BCUT2D eigenvalue weighted by Crippen LogP contribution is 2.29. The molecule has 2 aliphatic rings. The van der Waals surface area contributed by atoms with Crippen LogP contribution in [-0.2, 0) is 4.74 Å². The zero-order chi connectivity index (χ0) is 13.7. The molecule has 0 unspecified atom stereocenters. The van der Waals surface area contributed by atoms with Gasteiger partial charge in [0.2, 0.25) is 0 Å². The molecule has 0 radical (unpaired) electrons. The van der Waals surface area contributed by atoms with Gasteiger partial charge in [0, 0.05) is 18.8 Å². The van der Waals surface area contributed by atoms with Gasteiger partial charge in [0.25, 0.3) is 0 Å². The lowest BCUT2D eigenvalue weighted by Crippen LogP contribution is -2.56. The minimum absolute atomic E-state index is 0.310. The Balaban J connectivity index is 1.80. The van der Waals surface area contributed by atoms with Gasteiger partial charge in [0.15, 0.2) is 0 Å². The first-order valence-electron chi connectivity index (χ1n) is 7.16. The lowest BCUT2D eigenvalue weighted by molar-refractivity contribution is -0.0437. The Morgan fingerprint density at radius 3 is 2.95 bits per heavy atom. The van der Waals surface area contributed by atoms with E-state index in [-0.39, 0.29) is 0 Å². The SMILES string of the molecule is BCCC1=CC(C)=C(OC2CN(N/C=C\N)C2)CC1. The van der Waals surface area contributed by atoms with Crippen LogP contribution in [0.3, 0.4) is 0 Å². The number of allylic oxidation sites excluding steroid dienone is 4. The van der Waals surface area contributed by atoms with Gasteiger partial charge in [-0.2, -0.15) is 0 Å². The Morgan fingerprint density at radius 2 is 2.32 bits per heavy atom. The molecule has 0 amide bonds. The summed E-state index contributed by atoms with van der Waals surface area (Å²) < 4.78 is 6.07. The fourth-order valence-electron chi connectivity index (χ4n) is 2.57. The van der Waals surface area contributed by atoms with E-state index in [4.69, 9.17) is 10.5 Å². The van der Waals surface area contributed by atoms with Crippen molar-refractivity contribution < 1.29 is 4.74 Å². The van der Waals surface area contributed by atoms with Crippen LogP contribution in [0.1, 0.15) is 26.2 Å². The Morgan fingerprint density at radius 1 is 1.53 bits per heavy atom. The van der Waals surface area contributed by atoms with Crippen LogP contribution in [0.2, 0.25) is 6.32 Å². The normalized spacial score (nSPS) is 21.4. The number of nitrogens with two attached hydrogens (primary N) is 1. The first kappa shape index (κ1) is 14.1. The third-order valence-electron chi connectivity index (χ3n) is 3.62. The van der Waals surface area contributed by atoms with E-state index in [0.717, 1.165) is 25.9 Å². The molecular weight excluding hydrogens is 237 g/mol. The minimum atomic E-state index is 0.310. The molecule has 0 spiro atoms. The number of ether oxygens (including phenoxy) is 1. The maximum atomic E-state index is 6.07. The second kappa shape index (κ2) is 6.71. The van der Waals surface area contributed by atoms with E-state index in [1.54, 1.807) is 11.8 Å². The fraction of sp³-hybridized carbons (Fsp3) is 0.571. The van der Waals surface area contributed by atoms with Gasteiger partial charge >= 0.3 is 0 Å². The number of hydrazine groups is 1. The van der Waals surface area contributed by atoms with Crippen LogP contribution in [-0.4, -0.2) is 32.0 Å². The zero-order valence-electron chi connectivity index (χ0n) is 12.0. The second-order valence-electron chi connectivity index (χ2n) is 5.29. The van der Waals surface area contributed by atoms with Gasteiger partial charge < -0.3 is 15.9 Å². The number of hydrogen-bond acceptors (Lipinski definition) is 4. The van der Waals surface area contributed by atoms with Crippen molar-refractivity contribution in [3.8, 4) is 0 Å². The third-order valence-corrected chi connectivity index (χ3v) is 3.62. The Bertz CT molecular complexity index is 397. The van der Waals surface area contributed by atoms with Gasteiger partial charge in [-0.05, 0) is 25.3 Å². The molecule has 104 valence electrons. The molecule has 1 fully saturated rings. The molecule has 3 N–H and O–H groups in total. The molecule has 0 atom stereocenters. The molecule has 1 aliphatic heterocycles. The monoisotopic (exact) mass is 261 g/mol. The molecule has 0 aromatic rings. The van der Waals surface area contributed by atoms with E-state index < -0.39 is 0 Å². The van der Waals surface area contributed by atoms with E-state index in [0.29, 0.717) is 6.10 Å². The molecule has 0 bridgehead atoms. The summed E-state index contributed by atoms with van der Waals surface area (Å²) in [5.74, 6) is 1.18. The van der Waals surface area contributed by atoms with E-state index in [2.05, 4.69) is 31.3 Å². The van der Waals surface area contributed by atoms with Crippen LogP contribution in [0.5, 0.6) is 0 Å². The van der Waals surface area contributed by atoms with Gasteiger partial charge in [0.1, 0.15) is 14.0 Å². The quantitative estimate of drug-likeness (QED) is 0.702. The van der Waals surface area contributed by atoms with E-state index >= 15 is 0 Å². The molecule has 2 rings (SSSR count). The summed E-state index contributed by atoms with van der Waals surface area (Å²) in [5.41, 5.74) is 11.2. The summed E-state index contributed by atoms with van der Waals surface area (Å²) in [5, 5.41) is 2.09. The average molecular weight is 261 g/mol. The van der Waals surface area contributed by atoms with Gasteiger partial charge in [0.05, 0.1) is 18.8 Å². The lowest BCUT2D eigenvalue weighted by Gasteiger charge is -2.39. The summed E-state index contributed by atoms with van der Waals surface area (Å²) in [6, 6.07) is 0. The highest BCUT2D eigenvalue weighted by molar-refractivity contribution is 6.08. The van der Waals surface area contributed by atoms with Crippen molar-refractivity contribution in [2.45, 2.75) is 38.6 Å². The molecule has 1 heterocycles. The number of hydrogen-bond donors (Lipinski definition) is 2. The molecule has 1 aliphatic carbocycles. The van der Waals surface area contributed by atoms with Crippen molar-refractivity contribution in [1.29, 1.82) is 0 Å². The first-order chi connectivity index (χ1) is 9.22. The van der Waals surface area contributed by atoms with Crippen LogP contribution in [0.4, 0.5) is 0 Å². The highest BCUT2D eigenvalue weighted by atomic mass is 16.5. The molecule has 5 heteroatoms. The van der Waals surface area contributed by atoms with Crippen LogP contribution in [0.15, 0.2) is 35.4 Å². The zero-order valence-corrected chi connectivity index (χ0v) is 12.0.